The monoisotopic (exact) mass is 563 g/mol. The Morgan fingerprint density at radius 2 is 1.97 bits per heavy atom. The van der Waals surface area contributed by atoms with E-state index in [4.69, 9.17) is 0 Å². The molecule has 1 aliphatic rings. The molecule has 0 fully saturated rings. The van der Waals surface area contributed by atoms with Crippen LogP contribution in [0.25, 0.3) is 5.57 Å². The van der Waals surface area contributed by atoms with Crippen molar-refractivity contribution in [3.63, 3.8) is 0 Å². The van der Waals surface area contributed by atoms with Crippen molar-refractivity contribution in [2.75, 3.05) is 26.2 Å². The summed E-state index contributed by atoms with van der Waals surface area (Å²) in [5.74, 6) is 0.101. The molecule has 1 unspecified atom stereocenters. The molecule has 1 aromatic carbocycles. The van der Waals surface area contributed by atoms with Crippen LogP contribution in [0.5, 0.6) is 0 Å². The van der Waals surface area contributed by atoms with E-state index in [-0.39, 0.29) is 30.5 Å². The molecule has 0 aliphatic carbocycles. The van der Waals surface area contributed by atoms with Gasteiger partial charge in [0.2, 0.25) is 5.60 Å². The Bertz CT molecular complexity index is 929. The normalized spacial score (nSPS) is 16.8. The number of aliphatic hydroxyl groups is 1. The van der Waals surface area contributed by atoms with Gasteiger partial charge >= 0.3 is 6.18 Å². The lowest BCUT2D eigenvalue weighted by atomic mass is 9.98. The van der Waals surface area contributed by atoms with Gasteiger partial charge in [0, 0.05) is 52.0 Å². The second-order valence-corrected chi connectivity index (χ2v) is 7.50. The molecule has 3 rings (SSSR count). The van der Waals surface area contributed by atoms with E-state index < -0.39 is 24.0 Å². The van der Waals surface area contributed by atoms with Crippen LogP contribution in [0.2, 0.25) is 0 Å². The zero-order valence-electron chi connectivity index (χ0n) is 18.1. The number of imidazole rings is 1. The predicted octanol–water partition coefficient (Wildman–Crippen LogP) is 3.93. The smallest absolute Gasteiger partial charge is 0.374 e. The van der Waals surface area contributed by atoms with Crippen molar-refractivity contribution < 1.29 is 18.3 Å². The quantitative estimate of drug-likeness (QED) is 0.318. The highest BCUT2D eigenvalue weighted by molar-refractivity contribution is 14.0. The number of aromatic nitrogens is 2. The van der Waals surface area contributed by atoms with Crippen LogP contribution in [0.3, 0.4) is 0 Å². The number of nitrogens with one attached hydrogen (secondary N) is 1. The molecular weight excluding hydrogens is 534 g/mol. The third kappa shape index (κ3) is 5.83. The van der Waals surface area contributed by atoms with Crippen LogP contribution in [0.15, 0.2) is 53.8 Å². The molecule has 0 bridgehead atoms. The fourth-order valence-electron chi connectivity index (χ4n) is 3.67. The number of halogens is 4. The van der Waals surface area contributed by atoms with Crippen LogP contribution in [-0.2, 0) is 12.6 Å². The summed E-state index contributed by atoms with van der Waals surface area (Å²) in [6, 6.07) is 10.1. The van der Waals surface area contributed by atoms with Gasteiger partial charge in [-0.3, -0.25) is 4.99 Å². The number of alkyl halides is 3. The fraction of sp³-hybridized carbons (Fsp3) is 0.455. The van der Waals surface area contributed by atoms with E-state index in [0.29, 0.717) is 25.6 Å². The zero-order valence-corrected chi connectivity index (χ0v) is 20.5. The lowest BCUT2D eigenvalue weighted by Gasteiger charge is -2.31. The number of benzene rings is 1. The van der Waals surface area contributed by atoms with Crippen molar-refractivity contribution in [2.24, 2.45) is 12.0 Å². The van der Waals surface area contributed by atoms with E-state index in [0.717, 1.165) is 6.42 Å². The number of rotatable bonds is 6. The largest absolute Gasteiger partial charge is 0.424 e. The molecule has 1 atom stereocenters. The highest BCUT2D eigenvalue weighted by Crippen LogP contribution is 2.40. The van der Waals surface area contributed by atoms with Crippen molar-refractivity contribution in [1.29, 1.82) is 0 Å². The van der Waals surface area contributed by atoms with E-state index in [1.807, 2.05) is 30.0 Å². The van der Waals surface area contributed by atoms with Crippen molar-refractivity contribution in [3.05, 3.63) is 60.2 Å². The summed E-state index contributed by atoms with van der Waals surface area (Å²) in [4.78, 5) is 10.1. The summed E-state index contributed by atoms with van der Waals surface area (Å²) >= 11 is 0. The molecule has 0 spiro atoms. The second-order valence-electron chi connectivity index (χ2n) is 7.50. The molecule has 32 heavy (non-hydrogen) atoms. The minimum Gasteiger partial charge on any atom is -0.374 e. The van der Waals surface area contributed by atoms with Gasteiger partial charge in [-0.05, 0) is 24.5 Å². The molecule has 2 N–H and O–H groups in total. The third-order valence-corrected chi connectivity index (χ3v) is 5.38. The zero-order chi connectivity index (χ0) is 22.5. The Kier molecular flexibility index (Phi) is 9.14. The van der Waals surface area contributed by atoms with Crippen LogP contribution in [-0.4, -0.2) is 57.9 Å². The molecule has 1 aliphatic heterocycles. The van der Waals surface area contributed by atoms with Gasteiger partial charge < -0.3 is 19.9 Å². The van der Waals surface area contributed by atoms with Crippen LogP contribution in [0.4, 0.5) is 13.2 Å². The first kappa shape index (κ1) is 26.2. The standard InChI is InChI=1S/C22H28F3N5O.HI/c1-3-26-20(30-14-9-18(10-15-30)17-7-5-4-6-8-17)28-12-11-21(31,22(23,24)25)19-27-13-16-29(19)2;/h4-9,13,16,31H,3,10-12,14-15H2,1-2H3,(H,26,28);1H. The summed E-state index contributed by atoms with van der Waals surface area (Å²) in [5.41, 5.74) is -0.641. The van der Waals surface area contributed by atoms with Gasteiger partial charge in [-0.2, -0.15) is 13.2 Å². The average molecular weight is 563 g/mol. The number of guanidine groups is 1. The molecule has 0 amide bonds. The first-order valence-corrected chi connectivity index (χ1v) is 10.3. The van der Waals surface area contributed by atoms with Crippen molar-refractivity contribution >= 4 is 35.5 Å². The molecule has 176 valence electrons. The van der Waals surface area contributed by atoms with E-state index in [2.05, 4.69) is 33.5 Å². The van der Waals surface area contributed by atoms with E-state index in [1.165, 1.54) is 35.1 Å². The minimum atomic E-state index is -4.86. The Labute approximate surface area is 203 Å². The number of hydrogen-bond acceptors (Lipinski definition) is 3. The van der Waals surface area contributed by atoms with E-state index >= 15 is 0 Å². The van der Waals surface area contributed by atoms with Gasteiger partial charge in [-0.15, -0.1) is 24.0 Å². The Morgan fingerprint density at radius 3 is 2.50 bits per heavy atom. The fourth-order valence-corrected chi connectivity index (χ4v) is 3.67. The number of hydrogen-bond donors (Lipinski definition) is 2. The summed E-state index contributed by atoms with van der Waals surface area (Å²) in [6.45, 7) is 3.61. The summed E-state index contributed by atoms with van der Waals surface area (Å²) in [6.07, 6.45) is 0.0704. The SMILES string of the molecule is CCNC(=NCCC(O)(c1nccn1C)C(F)(F)F)N1CC=C(c2ccccc2)CC1.I. The third-order valence-electron chi connectivity index (χ3n) is 5.38. The number of nitrogens with zero attached hydrogens (tertiary/aromatic N) is 4. The van der Waals surface area contributed by atoms with Crippen molar-refractivity contribution in [3.8, 4) is 0 Å². The summed E-state index contributed by atoms with van der Waals surface area (Å²) < 4.78 is 42.3. The molecule has 0 saturated heterocycles. The summed E-state index contributed by atoms with van der Waals surface area (Å²) in [7, 11) is 1.43. The highest BCUT2D eigenvalue weighted by atomic mass is 127. The minimum absolute atomic E-state index is 0. The highest BCUT2D eigenvalue weighted by Gasteiger charge is 2.57. The van der Waals surface area contributed by atoms with Gasteiger partial charge in [0.25, 0.3) is 0 Å². The molecule has 2 heterocycles. The molecule has 0 radical (unpaired) electrons. The van der Waals surface area contributed by atoms with Gasteiger partial charge in [-0.25, -0.2) is 4.98 Å². The lowest BCUT2D eigenvalue weighted by Crippen LogP contribution is -2.46. The van der Waals surface area contributed by atoms with Crippen molar-refractivity contribution in [1.82, 2.24) is 19.8 Å². The maximum atomic E-state index is 13.7. The average Bonchev–Trinajstić information content (AvgIpc) is 3.19. The van der Waals surface area contributed by atoms with Crippen LogP contribution >= 0.6 is 24.0 Å². The number of aliphatic imine (C=N–C) groups is 1. The van der Waals surface area contributed by atoms with E-state index in [9.17, 15) is 18.3 Å². The van der Waals surface area contributed by atoms with Gasteiger partial charge in [0.05, 0.1) is 0 Å². The number of aryl methyl sites for hydroxylation is 1. The van der Waals surface area contributed by atoms with Gasteiger partial charge in [0.1, 0.15) is 5.82 Å². The lowest BCUT2D eigenvalue weighted by molar-refractivity contribution is -0.272. The Morgan fingerprint density at radius 1 is 1.25 bits per heavy atom. The van der Waals surface area contributed by atoms with Gasteiger partial charge in [-0.1, -0.05) is 36.4 Å². The molecule has 0 saturated carbocycles. The molecule has 2 aromatic rings. The molecular formula is C22H29F3IN5O. The summed E-state index contributed by atoms with van der Waals surface area (Å²) in [5, 5.41) is 13.6. The second kappa shape index (κ2) is 11.2. The first-order chi connectivity index (χ1) is 14.8. The maximum Gasteiger partial charge on any atom is 0.424 e. The van der Waals surface area contributed by atoms with Crippen molar-refractivity contribution in [2.45, 2.75) is 31.5 Å². The Hall–Kier alpha value is -2.08. The van der Waals surface area contributed by atoms with E-state index in [1.54, 1.807) is 0 Å². The molecule has 6 nitrogen and oxygen atoms in total. The predicted molar refractivity (Wildman–Crippen MR) is 130 cm³/mol. The topological polar surface area (TPSA) is 65.7 Å². The Balaban J connectivity index is 0.00000363. The van der Waals surface area contributed by atoms with Gasteiger partial charge in [0.15, 0.2) is 5.96 Å². The van der Waals surface area contributed by atoms with Crippen LogP contribution < -0.4 is 5.32 Å². The van der Waals surface area contributed by atoms with Crippen LogP contribution in [0.1, 0.15) is 31.2 Å². The molecule has 1 aromatic heterocycles. The first-order valence-electron chi connectivity index (χ1n) is 10.3. The van der Waals surface area contributed by atoms with Crippen LogP contribution in [0, 0.1) is 0 Å². The maximum absolute atomic E-state index is 13.7. The molecule has 10 heteroatoms.